The normalized spacial score (nSPS) is 16.3. The Labute approximate surface area is 182 Å². The number of H-pyrrole nitrogens is 1. The number of rotatable bonds is 6. The van der Waals surface area contributed by atoms with Gasteiger partial charge >= 0.3 is 0 Å². The molecular formula is C24H30N2O5. The van der Waals surface area contributed by atoms with Crippen LogP contribution in [0.2, 0.25) is 0 Å². The van der Waals surface area contributed by atoms with Crippen molar-refractivity contribution in [2.45, 2.75) is 25.5 Å². The molecule has 1 aliphatic heterocycles. The lowest BCUT2D eigenvalue weighted by atomic mass is 9.92. The van der Waals surface area contributed by atoms with Crippen molar-refractivity contribution in [1.29, 1.82) is 0 Å². The smallest absolute Gasteiger partial charge is 0.210 e. The average Bonchev–Trinajstić information content (AvgIpc) is 3.15. The maximum Gasteiger partial charge on any atom is 0.210 e. The third kappa shape index (κ3) is 5.07. The van der Waals surface area contributed by atoms with Gasteiger partial charge in [-0.1, -0.05) is 23.8 Å². The maximum atomic E-state index is 11.7. The van der Waals surface area contributed by atoms with Gasteiger partial charge < -0.3 is 29.6 Å². The summed E-state index contributed by atoms with van der Waals surface area (Å²) >= 11 is 0. The molecule has 2 atom stereocenters. The van der Waals surface area contributed by atoms with E-state index in [1.807, 2.05) is 29.2 Å². The molecule has 0 fully saturated rings. The van der Waals surface area contributed by atoms with Crippen LogP contribution in [0.15, 0.2) is 42.5 Å². The predicted octanol–water partition coefficient (Wildman–Crippen LogP) is 2.57. The van der Waals surface area contributed by atoms with Crippen molar-refractivity contribution in [2.24, 2.45) is 0 Å². The summed E-state index contributed by atoms with van der Waals surface area (Å²) in [5.41, 5.74) is 5.63. The van der Waals surface area contributed by atoms with Crippen LogP contribution in [0.1, 0.15) is 28.4 Å². The number of benzene rings is 2. The van der Waals surface area contributed by atoms with Crippen LogP contribution < -0.4 is 4.74 Å². The van der Waals surface area contributed by atoms with Crippen molar-refractivity contribution in [1.82, 2.24) is 9.88 Å². The number of aryl methyl sites for hydroxylation is 1. The van der Waals surface area contributed by atoms with Gasteiger partial charge in [-0.15, -0.1) is 0 Å². The number of carbonyl (C=O) groups is 1. The van der Waals surface area contributed by atoms with Gasteiger partial charge in [-0.3, -0.25) is 4.79 Å². The molecule has 166 valence electrons. The number of aliphatic hydroxyl groups excluding tert-OH is 2. The molecule has 7 heteroatoms. The number of hydrogen-bond acceptors (Lipinski definition) is 5. The minimum absolute atomic E-state index is 0.0330. The molecule has 0 saturated carbocycles. The molecule has 3 N–H and O–H groups in total. The molecule has 0 aliphatic carbocycles. The molecule has 2 unspecified atom stereocenters. The Balaban J connectivity index is 0.000000858. The number of nitrogens with one attached hydrogen (secondary N) is 1. The van der Waals surface area contributed by atoms with Crippen LogP contribution >= 0.6 is 0 Å². The van der Waals surface area contributed by atoms with Crippen LogP contribution in [0, 0.1) is 6.92 Å². The number of methoxy groups -OCH3 is 1. The van der Waals surface area contributed by atoms with Gasteiger partial charge in [0.1, 0.15) is 18.5 Å². The lowest BCUT2D eigenvalue weighted by molar-refractivity contribution is -0.120. The maximum absolute atomic E-state index is 11.7. The molecule has 2 heterocycles. The third-order valence-electron chi connectivity index (χ3n) is 5.30. The van der Waals surface area contributed by atoms with Gasteiger partial charge in [-0.05, 0) is 48.7 Å². The van der Waals surface area contributed by atoms with E-state index in [4.69, 9.17) is 9.84 Å². The fourth-order valence-electron chi connectivity index (χ4n) is 3.88. The molecule has 0 saturated heterocycles. The van der Waals surface area contributed by atoms with Gasteiger partial charge in [0, 0.05) is 37.4 Å². The molecular weight excluding hydrogens is 396 g/mol. The molecule has 7 nitrogen and oxygen atoms in total. The minimum Gasteiger partial charge on any atom is -0.491 e. The lowest BCUT2D eigenvalue weighted by Crippen LogP contribution is -2.34. The van der Waals surface area contributed by atoms with Gasteiger partial charge in [0.15, 0.2) is 0 Å². The van der Waals surface area contributed by atoms with Gasteiger partial charge in [-0.25, -0.2) is 0 Å². The van der Waals surface area contributed by atoms with Gasteiger partial charge in [0.05, 0.1) is 12.6 Å². The first-order valence-electron chi connectivity index (χ1n) is 10.3. The summed E-state index contributed by atoms with van der Waals surface area (Å²) in [6.07, 6.45) is 0.835. The predicted molar refractivity (Wildman–Crippen MR) is 119 cm³/mol. The summed E-state index contributed by atoms with van der Waals surface area (Å²) in [5, 5.41) is 19.5. The summed E-state index contributed by atoms with van der Waals surface area (Å²) in [7, 11) is 3.25. The molecule has 1 amide bonds. The van der Waals surface area contributed by atoms with E-state index < -0.39 is 6.10 Å². The second-order valence-electron chi connectivity index (χ2n) is 7.69. The number of ether oxygens (including phenoxy) is 2. The molecule has 0 bridgehead atoms. The highest BCUT2D eigenvalue weighted by Crippen LogP contribution is 2.38. The summed E-state index contributed by atoms with van der Waals surface area (Å²) in [4.78, 5) is 17.1. The molecule has 2 aromatic carbocycles. The van der Waals surface area contributed by atoms with Crippen LogP contribution in [0.3, 0.4) is 0 Å². The fraction of sp³-hybridized carbons (Fsp3) is 0.375. The first kappa shape index (κ1) is 22.8. The van der Waals surface area contributed by atoms with Crippen LogP contribution in [-0.2, 0) is 16.0 Å². The van der Waals surface area contributed by atoms with Crippen molar-refractivity contribution in [3.8, 4) is 5.75 Å². The summed E-state index contributed by atoms with van der Waals surface area (Å²) < 4.78 is 9.73. The van der Waals surface area contributed by atoms with E-state index in [1.165, 1.54) is 16.5 Å². The SMILES string of the molecule is COC.Cc1ccc2[nH]c3c(c2c1)CCN(C=O)C3c1ccc(OCC(O)CO)cc1. The first-order chi connectivity index (χ1) is 15.0. The van der Waals surface area contributed by atoms with Gasteiger partial charge in [0.25, 0.3) is 0 Å². The second-order valence-corrected chi connectivity index (χ2v) is 7.69. The highest BCUT2D eigenvalue weighted by molar-refractivity contribution is 5.86. The quantitative estimate of drug-likeness (QED) is 0.527. The zero-order chi connectivity index (χ0) is 22.4. The van der Waals surface area contributed by atoms with E-state index in [2.05, 4.69) is 34.8 Å². The van der Waals surface area contributed by atoms with Crippen molar-refractivity contribution in [3.05, 3.63) is 64.8 Å². The standard InChI is InChI=1S/C22H24N2O4.C2H6O/c1-14-2-7-20-19(10-14)18-8-9-24(13-26)22(21(18)23-20)15-3-5-17(6-4-15)28-12-16(27)11-25;1-3-2/h2-7,10,13,16,22-23,25,27H,8-9,11-12H2,1H3;1-2H3. The topological polar surface area (TPSA) is 95.0 Å². The van der Waals surface area contributed by atoms with Gasteiger partial charge in [0.2, 0.25) is 6.41 Å². The number of carbonyl (C=O) groups excluding carboxylic acids is 1. The Hall–Kier alpha value is -2.87. The monoisotopic (exact) mass is 426 g/mol. The number of amides is 1. The second kappa shape index (κ2) is 10.4. The van der Waals surface area contributed by atoms with Crippen molar-refractivity contribution < 1.29 is 24.5 Å². The van der Waals surface area contributed by atoms with Crippen LogP contribution in [0.25, 0.3) is 10.9 Å². The molecule has 31 heavy (non-hydrogen) atoms. The van der Waals surface area contributed by atoms with Crippen LogP contribution in [0.5, 0.6) is 5.75 Å². The highest BCUT2D eigenvalue weighted by atomic mass is 16.5. The van der Waals surface area contributed by atoms with E-state index in [0.717, 1.165) is 29.6 Å². The number of aliphatic hydroxyl groups is 2. The number of hydrogen-bond donors (Lipinski definition) is 3. The highest BCUT2D eigenvalue weighted by Gasteiger charge is 2.30. The molecule has 3 aromatic rings. The summed E-state index contributed by atoms with van der Waals surface area (Å²) in [6, 6.07) is 13.7. The summed E-state index contributed by atoms with van der Waals surface area (Å²) in [6.45, 7) is 2.45. The van der Waals surface area contributed by atoms with E-state index in [-0.39, 0.29) is 19.3 Å². The molecule has 1 aliphatic rings. The molecule has 0 spiro atoms. The third-order valence-corrected chi connectivity index (χ3v) is 5.30. The average molecular weight is 427 g/mol. The number of nitrogens with zero attached hydrogens (tertiary/aromatic N) is 1. The number of aromatic nitrogens is 1. The Morgan fingerprint density at radius 3 is 2.58 bits per heavy atom. The lowest BCUT2D eigenvalue weighted by Gasteiger charge is -2.33. The first-order valence-corrected chi connectivity index (χ1v) is 10.3. The molecule has 0 radical (unpaired) electrons. The molecule has 1 aromatic heterocycles. The zero-order valence-electron chi connectivity index (χ0n) is 18.2. The molecule has 4 rings (SSSR count). The van der Waals surface area contributed by atoms with Crippen molar-refractivity contribution in [3.63, 3.8) is 0 Å². The van der Waals surface area contributed by atoms with E-state index in [0.29, 0.717) is 12.3 Å². The zero-order valence-corrected chi connectivity index (χ0v) is 18.2. The van der Waals surface area contributed by atoms with Gasteiger partial charge in [-0.2, -0.15) is 0 Å². The van der Waals surface area contributed by atoms with E-state index >= 15 is 0 Å². The minimum atomic E-state index is -0.902. The van der Waals surface area contributed by atoms with Crippen molar-refractivity contribution in [2.75, 3.05) is 34.0 Å². The Kier molecular flexibility index (Phi) is 7.68. The number of fused-ring (bicyclic) bond motifs is 3. The number of aromatic amines is 1. The van der Waals surface area contributed by atoms with Crippen molar-refractivity contribution >= 4 is 17.3 Å². The Morgan fingerprint density at radius 1 is 1.23 bits per heavy atom. The summed E-state index contributed by atoms with van der Waals surface area (Å²) in [5.74, 6) is 0.609. The van der Waals surface area contributed by atoms with E-state index in [1.54, 1.807) is 14.2 Å². The van der Waals surface area contributed by atoms with Crippen LogP contribution in [-0.4, -0.2) is 66.6 Å². The van der Waals surface area contributed by atoms with Crippen LogP contribution in [0.4, 0.5) is 0 Å². The largest absolute Gasteiger partial charge is 0.491 e. The fourth-order valence-corrected chi connectivity index (χ4v) is 3.88. The Bertz CT molecular complexity index is 999. The Morgan fingerprint density at radius 2 is 1.94 bits per heavy atom. The van der Waals surface area contributed by atoms with E-state index in [9.17, 15) is 9.90 Å².